The van der Waals surface area contributed by atoms with E-state index < -0.39 is 0 Å². The van der Waals surface area contributed by atoms with E-state index >= 15 is 0 Å². The Labute approximate surface area is 181 Å². The molecule has 1 fully saturated rings. The highest BCUT2D eigenvalue weighted by Crippen LogP contribution is 2.38. The normalized spacial score (nSPS) is 15.8. The molecule has 2 aromatic rings. The second-order valence-corrected chi connectivity index (χ2v) is 6.90. The van der Waals surface area contributed by atoms with Crippen LogP contribution in [0.1, 0.15) is 12.0 Å². The molecule has 1 N–H and O–H groups in total. The van der Waals surface area contributed by atoms with Crippen molar-refractivity contribution in [3.63, 3.8) is 0 Å². The van der Waals surface area contributed by atoms with Gasteiger partial charge in [0.2, 0.25) is 17.6 Å². The number of nitrogens with one attached hydrogen (secondary N) is 1. The summed E-state index contributed by atoms with van der Waals surface area (Å²) >= 11 is 0. The molecule has 164 valence electrons. The van der Waals surface area contributed by atoms with Crippen LogP contribution in [0.25, 0.3) is 6.08 Å². The van der Waals surface area contributed by atoms with Gasteiger partial charge in [-0.2, -0.15) is 0 Å². The number of carbonyl (C=O) groups is 2. The SMILES string of the molecule is COc1ccc(N2CC(NC(=O)/C=C/c3cc(OC)c(OC)c(OC)c3)CC2=O)cc1. The second kappa shape index (κ2) is 9.88. The zero-order valence-electron chi connectivity index (χ0n) is 18.0. The lowest BCUT2D eigenvalue weighted by Gasteiger charge is -2.17. The summed E-state index contributed by atoms with van der Waals surface area (Å²) in [6.45, 7) is 0.412. The molecule has 2 amide bonds. The van der Waals surface area contributed by atoms with Crippen molar-refractivity contribution >= 4 is 23.6 Å². The fourth-order valence-electron chi connectivity index (χ4n) is 3.43. The number of methoxy groups -OCH3 is 4. The minimum absolute atomic E-state index is 0.0379. The molecule has 1 heterocycles. The van der Waals surface area contributed by atoms with Crippen LogP contribution in [-0.4, -0.2) is 52.8 Å². The average Bonchev–Trinajstić information content (AvgIpc) is 3.16. The summed E-state index contributed by atoms with van der Waals surface area (Å²) in [6.07, 6.45) is 3.31. The van der Waals surface area contributed by atoms with Crippen LogP contribution in [0.15, 0.2) is 42.5 Å². The third-order valence-electron chi connectivity index (χ3n) is 4.97. The van der Waals surface area contributed by atoms with Crippen LogP contribution >= 0.6 is 0 Å². The average molecular weight is 426 g/mol. The predicted molar refractivity (Wildman–Crippen MR) is 117 cm³/mol. The van der Waals surface area contributed by atoms with E-state index in [9.17, 15) is 9.59 Å². The van der Waals surface area contributed by atoms with Crippen molar-refractivity contribution in [1.82, 2.24) is 5.32 Å². The number of hydrogen-bond acceptors (Lipinski definition) is 6. The molecule has 8 nitrogen and oxygen atoms in total. The van der Waals surface area contributed by atoms with Crippen LogP contribution in [0.4, 0.5) is 5.69 Å². The Hall–Kier alpha value is -3.68. The van der Waals surface area contributed by atoms with Gasteiger partial charge in [-0.05, 0) is 48.0 Å². The van der Waals surface area contributed by atoms with Crippen LogP contribution in [-0.2, 0) is 9.59 Å². The molecule has 0 aliphatic carbocycles. The molecule has 0 aromatic heterocycles. The van der Waals surface area contributed by atoms with E-state index in [-0.39, 0.29) is 24.3 Å². The summed E-state index contributed by atoms with van der Waals surface area (Å²) in [7, 11) is 6.18. The van der Waals surface area contributed by atoms with Gasteiger partial charge in [-0.1, -0.05) is 0 Å². The maximum absolute atomic E-state index is 12.4. The minimum Gasteiger partial charge on any atom is -0.497 e. The Morgan fingerprint density at radius 3 is 2.19 bits per heavy atom. The molecule has 8 heteroatoms. The lowest BCUT2D eigenvalue weighted by molar-refractivity contribution is -0.117. The van der Waals surface area contributed by atoms with E-state index in [2.05, 4.69) is 5.32 Å². The fourth-order valence-corrected chi connectivity index (χ4v) is 3.43. The number of hydrogen-bond donors (Lipinski definition) is 1. The van der Waals surface area contributed by atoms with Gasteiger partial charge in [-0.3, -0.25) is 9.59 Å². The van der Waals surface area contributed by atoms with Crippen LogP contribution in [0.3, 0.4) is 0 Å². The molecular weight excluding hydrogens is 400 g/mol. The summed E-state index contributed by atoms with van der Waals surface area (Å²) in [5.41, 5.74) is 1.49. The minimum atomic E-state index is -0.289. The molecular formula is C23H26N2O6. The monoisotopic (exact) mass is 426 g/mol. The van der Waals surface area contributed by atoms with Gasteiger partial charge in [0.05, 0.1) is 34.5 Å². The Morgan fingerprint density at radius 1 is 1.00 bits per heavy atom. The van der Waals surface area contributed by atoms with Crippen LogP contribution in [0.5, 0.6) is 23.0 Å². The zero-order chi connectivity index (χ0) is 22.4. The highest BCUT2D eigenvalue weighted by atomic mass is 16.5. The summed E-state index contributed by atoms with van der Waals surface area (Å²) in [4.78, 5) is 26.5. The molecule has 31 heavy (non-hydrogen) atoms. The van der Waals surface area contributed by atoms with Gasteiger partial charge in [-0.25, -0.2) is 0 Å². The zero-order valence-corrected chi connectivity index (χ0v) is 18.0. The van der Waals surface area contributed by atoms with Crippen molar-refractivity contribution in [3.05, 3.63) is 48.0 Å². The standard InChI is InChI=1S/C23H26N2O6/c1-28-18-8-6-17(7-9-18)25-14-16(13-22(25)27)24-21(26)10-5-15-11-19(29-2)23(31-4)20(12-15)30-3/h5-12,16H,13-14H2,1-4H3,(H,24,26)/b10-5+. The Kier molecular flexibility index (Phi) is 7.02. The highest BCUT2D eigenvalue weighted by molar-refractivity contribution is 5.98. The molecule has 0 saturated carbocycles. The number of carbonyl (C=O) groups excluding carboxylic acids is 2. The van der Waals surface area contributed by atoms with Crippen LogP contribution in [0.2, 0.25) is 0 Å². The lowest BCUT2D eigenvalue weighted by Crippen LogP contribution is -2.36. The maximum atomic E-state index is 12.4. The van der Waals surface area contributed by atoms with Gasteiger partial charge in [0.25, 0.3) is 0 Å². The van der Waals surface area contributed by atoms with Gasteiger partial charge in [-0.15, -0.1) is 0 Å². The molecule has 2 aromatic carbocycles. The topological polar surface area (TPSA) is 86.3 Å². The maximum Gasteiger partial charge on any atom is 0.244 e. The van der Waals surface area contributed by atoms with Gasteiger partial charge < -0.3 is 29.2 Å². The number of ether oxygens (including phenoxy) is 4. The molecule has 3 rings (SSSR count). The molecule has 0 spiro atoms. The molecule has 1 aliphatic rings. The van der Waals surface area contributed by atoms with E-state index in [1.807, 2.05) is 12.1 Å². The van der Waals surface area contributed by atoms with Crippen molar-refractivity contribution < 1.29 is 28.5 Å². The van der Waals surface area contributed by atoms with E-state index in [1.54, 1.807) is 42.4 Å². The molecule has 1 aliphatic heterocycles. The van der Waals surface area contributed by atoms with Gasteiger partial charge in [0.15, 0.2) is 11.5 Å². The smallest absolute Gasteiger partial charge is 0.244 e. The van der Waals surface area contributed by atoms with E-state index in [0.29, 0.717) is 29.4 Å². The van der Waals surface area contributed by atoms with E-state index in [1.165, 1.54) is 27.4 Å². The number of amides is 2. The first-order valence-corrected chi connectivity index (χ1v) is 9.72. The van der Waals surface area contributed by atoms with Crippen molar-refractivity contribution in [2.75, 3.05) is 39.9 Å². The molecule has 1 atom stereocenters. The third kappa shape index (κ3) is 5.09. The number of anilines is 1. The van der Waals surface area contributed by atoms with E-state index in [4.69, 9.17) is 18.9 Å². The predicted octanol–water partition coefficient (Wildman–Crippen LogP) is 2.66. The van der Waals surface area contributed by atoms with Crippen LogP contribution in [0, 0.1) is 0 Å². The van der Waals surface area contributed by atoms with Gasteiger partial charge in [0, 0.05) is 24.7 Å². The highest BCUT2D eigenvalue weighted by Gasteiger charge is 2.31. The molecule has 0 radical (unpaired) electrons. The van der Waals surface area contributed by atoms with Gasteiger partial charge in [0.1, 0.15) is 5.75 Å². The summed E-state index contributed by atoms with van der Waals surface area (Å²) < 4.78 is 21.1. The Bertz CT molecular complexity index is 946. The Morgan fingerprint density at radius 2 is 1.65 bits per heavy atom. The summed E-state index contributed by atoms with van der Waals surface area (Å²) in [6, 6.07) is 10.5. The Balaban J connectivity index is 1.64. The second-order valence-electron chi connectivity index (χ2n) is 6.90. The van der Waals surface area contributed by atoms with Crippen molar-refractivity contribution in [3.8, 4) is 23.0 Å². The van der Waals surface area contributed by atoms with Crippen LogP contribution < -0.4 is 29.2 Å². The summed E-state index contributed by atoms with van der Waals surface area (Å²) in [5, 5.41) is 2.88. The first kappa shape index (κ1) is 22.0. The molecule has 1 unspecified atom stereocenters. The van der Waals surface area contributed by atoms with Crippen molar-refractivity contribution in [2.24, 2.45) is 0 Å². The molecule has 0 bridgehead atoms. The fraction of sp³-hybridized carbons (Fsp3) is 0.304. The number of benzene rings is 2. The van der Waals surface area contributed by atoms with Crippen molar-refractivity contribution in [2.45, 2.75) is 12.5 Å². The third-order valence-corrected chi connectivity index (χ3v) is 4.97. The first-order valence-electron chi connectivity index (χ1n) is 9.72. The number of rotatable bonds is 8. The lowest BCUT2D eigenvalue weighted by atomic mass is 10.1. The number of nitrogens with zero attached hydrogens (tertiary/aromatic N) is 1. The quantitative estimate of drug-likeness (QED) is 0.653. The largest absolute Gasteiger partial charge is 0.497 e. The van der Waals surface area contributed by atoms with E-state index in [0.717, 1.165) is 11.4 Å². The van der Waals surface area contributed by atoms with Crippen molar-refractivity contribution in [1.29, 1.82) is 0 Å². The summed E-state index contributed by atoms with van der Waals surface area (Å²) in [5.74, 6) is 1.87. The van der Waals surface area contributed by atoms with Gasteiger partial charge >= 0.3 is 0 Å². The molecule has 1 saturated heterocycles. The first-order chi connectivity index (χ1) is 15.0.